The number of hydrogen-bond donors (Lipinski definition) is 0. The second-order valence-electron chi connectivity index (χ2n) is 4.58. The maximum atomic E-state index is 5.25. The molecule has 2 aromatic carbocycles. The van der Waals surface area contributed by atoms with E-state index in [2.05, 4.69) is 52.3 Å². The number of rotatable bonds is 2. The fourth-order valence-electron chi connectivity index (χ4n) is 2.30. The van der Waals surface area contributed by atoms with Crippen molar-refractivity contribution >= 4 is 21.6 Å². The second-order valence-corrected chi connectivity index (χ2v) is 5.50. The predicted octanol–water partition coefficient (Wildman–Crippen LogP) is 4.00. The van der Waals surface area contributed by atoms with Crippen molar-refractivity contribution in [2.75, 3.05) is 7.11 Å². The van der Waals surface area contributed by atoms with E-state index in [0.29, 0.717) is 0 Å². The molecular weight excluding hydrogens is 302 g/mol. The number of nitrogens with zero attached hydrogens (tertiary/aromatic N) is 1. The number of halogens is 1. The summed E-state index contributed by atoms with van der Waals surface area (Å²) in [6.45, 7) is 0.734. The molecule has 19 heavy (non-hydrogen) atoms. The van der Waals surface area contributed by atoms with Crippen LogP contribution in [-0.2, 0) is 13.0 Å². The lowest BCUT2D eigenvalue weighted by atomic mass is 9.95. The zero-order chi connectivity index (χ0) is 13.2. The molecule has 3 rings (SSSR count). The van der Waals surface area contributed by atoms with E-state index in [0.717, 1.165) is 28.9 Å². The molecule has 1 heterocycles. The third kappa shape index (κ3) is 2.56. The van der Waals surface area contributed by atoms with Gasteiger partial charge in [0.15, 0.2) is 0 Å². The average Bonchev–Trinajstić information content (AvgIpc) is 2.47. The molecule has 3 heteroatoms. The van der Waals surface area contributed by atoms with E-state index in [4.69, 9.17) is 9.73 Å². The molecule has 0 atom stereocenters. The Labute approximate surface area is 121 Å². The molecule has 0 bridgehead atoms. The monoisotopic (exact) mass is 315 g/mol. The highest BCUT2D eigenvalue weighted by atomic mass is 79.9. The van der Waals surface area contributed by atoms with E-state index in [1.807, 2.05) is 6.07 Å². The SMILES string of the molecule is COc1ccc2c(c1)CN=C(c1ccc(Br)cc1)C2. The first kappa shape index (κ1) is 12.4. The Balaban J connectivity index is 1.89. The molecule has 2 aromatic rings. The summed E-state index contributed by atoms with van der Waals surface area (Å²) < 4.78 is 6.35. The Bertz CT molecular complexity index is 632. The average molecular weight is 316 g/mol. The lowest BCUT2D eigenvalue weighted by molar-refractivity contribution is 0.414. The Hall–Kier alpha value is -1.61. The lowest BCUT2D eigenvalue weighted by Crippen LogP contribution is -2.12. The van der Waals surface area contributed by atoms with Crippen molar-refractivity contribution in [1.82, 2.24) is 0 Å². The van der Waals surface area contributed by atoms with Crippen LogP contribution in [0.2, 0.25) is 0 Å². The number of ether oxygens (including phenoxy) is 1. The fraction of sp³-hybridized carbons (Fsp3) is 0.188. The minimum atomic E-state index is 0.734. The van der Waals surface area contributed by atoms with Gasteiger partial charge in [-0.2, -0.15) is 0 Å². The van der Waals surface area contributed by atoms with Crippen LogP contribution in [0.4, 0.5) is 0 Å². The fourth-order valence-corrected chi connectivity index (χ4v) is 2.57. The Morgan fingerprint density at radius 1 is 1.05 bits per heavy atom. The van der Waals surface area contributed by atoms with Crippen molar-refractivity contribution in [2.24, 2.45) is 4.99 Å². The van der Waals surface area contributed by atoms with E-state index < -0.39 is 0 Å². The standard InChI is InChI=1S/C16H14BrNO/c1-19-15-7-4-12-9-16(18-10-13(12)8-15)11-2-5-14(17)6-3-11/h2-8H,9-10H2,1H3. The summed E-state index contributed by atoms with van der Waals surface area (Å²) in [5, 5.41) is 0. The van der Waals surface area contributed by atoms with Gasteiger partial charge >= 0.3 is 0 Å². The van der Waals surface area contributed by atoms with Gasteiger partial charge in [0.05, 0.1) is 13.7 Å². The first-order valence-corrected chi connectivity index (χ1v) is 7.00. The molecule has 1 aliphatic rings. The molecule has 96 valence electrons. The summed E-state index contributed by atoms with van der Waals surface area (Å²) in [5.74, 6) is 0.904. The summed E-state index contributed by atoms with van der Waals surface area (Å²) in [6, 6.07) is 14.6. The highest BCUT2D eigenvalue weighted by Gasteiger charge is 2.14. The van der Waals surface area contributed by atoms with Crippen LogP contribution in [0, 0.1) is 0 Å². The second kappa shape index (κ2) is 5.17. The van der Waals surface area contributed by atoms with Crippen LogP contribution in [0.5, 0.6) is 5.75 Å². The van der Waals surface area contributed by atoms with Gasteiger partial charge in [-0.3, -0.25) is 4.99 Å². The number of methoxy groups -OCH3 is 1. The minimum Gasteiger partial charge on any atom is -0.497 e. The van der Waals surface area contributed by atoms with Crippen LogP contribution in [-0.4, -0.2) is 12.8 Å². The van der Waals surface area contributed by atoms with Gasteiger partial charge in [0.25, 0.3) is 0 Å². The lowest BCUT2D eigenvalue weighted by Gasteiger charge is -2.17. The van der Waals surface area contributed by atoms with E-state index in [1.54, 1.807) is 7.11 Å². The summed E-state index contributed by atoms with van der Waals surface area (Å²) >= 11 is 3.46. The van der Waals surface area contributed by atoms with Crippen LogP contribution < -0.4 is 4.74 Å². The molecule has 0 fully saturated rings. The van der Waals surface area contributed by atoms with Gasteiger partial charge in [0, 0.05) is 16.6 Å². The third-order valence-corrected chi connectivity index (χ3v) is 3.92. The zero-order valence-corrected chi connectivity index (χ0v) is 12.3. The Morgan fingerprint density at radius 2 is 1.84 bits per heavy atom. The molecule has 0 unspecified atom stereocenters. The first-order chi connectivity index (χ1) is 9.26. The summed E-state index contributed by atoms with van der Waals surface area (Å²) in [5.41, 5.74) is 4.96. The van der Waals surface area contributed by atoms with Crippen molar-refractivity contribution in [3.63, 3.8) is 0 Å². The molecule has 0 aliphatic carbocycles. The van der Waals surface area contributed by atoms with Crippen molar-refractivity contribution in [3.05, 3.63) is 63.6 Å². The first-order valence-electron chi connectivity index (χ1n) is 6.21. The molecule has 0 saturated heterocycles. The topological polar surface area (TPSA) is 21.6 Å². The van der Waals surface area contributed by atoms with Crippen LogP contribution in [0.3, 0.4) is 0 Å². The predicted molar refractivity (Wildman–Crippen MR) is 81.1 cm³/mol. The molecule has 1 aliphatic heterocycles. The highest BCUT2D eigenvalue weighted by Crippen LogP contribution is 2.24. The molecule has 0 saturated carbocycles. The molecule has 2 nitrogen and oxygen atoms in total. The molecule has 0 N–H and O–H groups in total. The van der Waals surface area contributed by atoms with Crippen molar-refractivity contribution in [3.8, 4) is 5.75 Å². The number of hydrogen-bond acceptors (Lipinski definition) is 2. The normalized spacial score (nSPS) is 13.7. The summed E-state index contributed by atoms with van der Waals surface area (Å²) in [4.78, 5) is 4.69. The van der Waals surface area contributed by atoms with E-state index in [9.17, 15) is 0 Å². The Kier molecular flexibility index (Phi) is 3.38. The number of fused-ring (bicyclic) bond motifs is 1. The van der Waals surface area contributed by atoms with Gasteiger partial charge in [-0.25, -0.2) is 0 Å². The number of benzene rings is 2. The van der Waals surface area contributed by atoms with Crippen LogP contribution >= 0.6 is 15.9 Å². The van der Waals surface area contributed by atoms with Crippen LogP contribution in [0.15, 0.2) is 51.9 Å². The van der Waals surface area contributed by atoms with E-state index in [-0.39, 0.29) is 0 Å². The van der Waals surface area contributed by atoms with Crippen LogP contribution in [0.25, 0.3) is 0 Å². The summed E-state index contributed by atoms with van der Waals surface area (Å²) in [6.07, 6.45) is 0.890. The van der Waals surface area contributed by atoms with Crippen molar-refractivity contribution < 1.29 is 4.74 Å². The highest BCUT2D eigenvalue weighted by molar-refractivity contribution is 9.10. The van der Waals surface area contributed by atoms with Gasteiger partial charge in [0.1, 0.15) is 5.75 Å². The van der Waals surface area contributed by atoms with Gasteiger partial charge in [-0.15, -0.1) is 0 Å². The molecule has 0 spiro atoms. The molecular formula is C16H14BrNO. The minimum absolute atomic E-state index is 0.734. The largest absolute Gasteiger partial charge is 0.497 e. The van der Waals surface area contributed by atoms with Gasteiger partial charge in [-0.05, 0) is 41.0 Å². The molecule has 0 aromatic heterocycles. The quantitative estimate of drug-likeness (QED) is 0.820. The van der Waals surface area contributed by atoms with E-state index in [1.165, 1.54) is 16.7 Å². The number of aliphatic imine (C=N–C) groups is 1. The zero-order valence-electron chi connectivity index (χ0n) is 10.7. The van der Waals surface area contributed by atoms with Crippen molar-refractivity contribution in [1.29, 1.82) is 0 Å². The van der Waals surface area contributed by atoms with Gasteiger partial charge < -0.3 is 4.74 Å². The van der Waals surface area contributed by atoms with Gasteiger partial charge in [0.2, 0.25) is 0 Å². The third-order valence-electron chi connectivity index (χ3n) is 3.39. The van der Waals surface area contributed by atoms with Crippen molar-refractivity contribution in [2.45, 2.75) is 13.0 Å². The summed E-state index contributed by atoms with van der Waals surface area (Å²) in [7, 11) is 1.70. The van der Waals surface area contributed by atoms with Gasteiger partial charge in [-0.1, -0.05) is 34.1 Å². The smallest absolute Gasteiger partial charge is 0.119 e. The molecule has 0 amide bonds. The van der Waals surface area contributed by atoms with Crippen LogP contribution in [0.1, 0.15) is 16.7 Å². The maximum Gasteiger partial charge on any atom is 0.119 e. The molecule has 0 radical (unpaired) electrons. The maximum absolute atomic E-state index is 5.25. The Morgan fingerprint density at radius 3 is 2.58 bits per heavy atom. The van der Waals surface area contributed by atoms with E-state index >= 15 is 0 Å².